The largest absolute Gasteiger partial charge is 0.494 e. The van der Waals surface area contributed by atoms with E-state index in [4.69, 9.17) is 4.74 Å². The lowest BCUT2D eigenvalue weighted by Crippen LogP contribution is -2.25. The van der Waals surface area contributed by atoms with Crippen LogP contribution in [-0.2, 0) is 0 Å². The summed E-state index contributed by atoms with van der Waals surface area (Å²) in [5, 5.41) is 19.4. The van der Waals surface area contributed by atoms with Crippen molar-refractivity contribution in [3.63, 3.8) is 0 Å². The molecule has 0 spiro atoms. The van der Waals surface area contributed by atoms with E-state index in [1.54, 1.807) is 6.92 Å². The highest BCUT2D eigenvalue weighted by atomic mass is 16.5. The third-order valence-corrected chi connectivity index (χ3v) is 4.09. The number of benzene rings is 1. The minimum Gasteiger partial charge on any atom is -0.494 e. The Balaban J connectivity index is 3.01. The smallest absolute Gasteiger partial charge is 0.122 e. The molecule has 0 saturated carbocycles. The SMILES string of the molecule is CCOc1ccc(C(CC)CC(O)C(C)O)c(C)c1C. The van der Waals surface area contributed by atoms with E-state index in [-0.39, 0.29) is 5.92 Å². The van der Waals surface area contributed by atoms with Crippen molar-refractivity contribution in [2.45, 2.75) is 65.6 Å². The van der Waals surface area contributed by atoms with Crippen LogP contribution in [0.25, 0.3) is 0 Å². The number of hydrogen-bond acceptors (Lipinski definition) is 3. The van der Waals surface area contributed by atoms with Gasteiger partial charge >= 0.3 is 0 Å². The van der Waals surface area contributed by atoms with Gasteiger partial charge in [-0.3, -0.25) is 0 Å². The molecule has 1 rings (SSSR count). The van der Waals surface area contributed by atoms with E-state index in [2.05, 4.69) is 26.8 Å². The molecule has 0 saturated heterocycles. The average molecular weight is 280 g/mol. The van der Waals surface area contributed by atoms with Crippen molar-refractivity contribution in [1.82, 2.24) is 0 Å². The van der Waals surface area contributed by atoms with Crippen molar-refractivity contribution < 1.29 is 14.9 Å². The predicted octanol–water partition coefficient (Wildman–Crippen LogP) is 3.33. The molecule has 20 heavy (non-hydrogen) atoms. The maximum absolute atomic E-state index is 9.91. The summed E-state index contributed by atoms with van der Waals surface area (Å²) in [6, 6.07) is 4.11. The van der Waals surface area contributed by atoms with Gasteiger partial charge in [0.25, 0.3) is 0 Å². The van der Waals surface area contributed by atoms with Crippen LogP contribution >= 0.6 is 0 Å². The molecule has 114 valence electrons. The molecule has 3 atom stereocenters. The molecular formula is C17H28O3. The Labute approximate surface area is 122 Å². The normalized spacial score (nSPS) is 15.8. The third kappa shape index (κ3) is 3.97. The molecule has 0 radical (unpaired) electrons. The molecule has 0 aliphatic rings. The van der Waals surface area contributed by atoms with Gasteiger partial charge in [0.2, 0.25) is 0 Å². The molecule has 0 aliphatic heterocycles. The lowest BCUT2D eigenvalue weighted by Gasteiger charge is -2.24. The Hall–Kier alpha value is -1.06. The Morgan fingerprint density at radius 3 is 2.25 bits per heavy atom. The van der Waals surface area contributed by atoms with E-state index in [1.807, 2.05) is 13.0 Å². The lowest BCUT2D eigenvalue weighted by molar-refractivity contribution is 0.0214. The van der Waals surface area contributed by atoms with Crippen LogP contribution in [-0.4, -0.2) is 29.0 Å². The second kappa shape index (κ2) is 7.65. The summed E-state index contributed by atoms with van der Waals surface area (Å²) in [6.07, 6.45) is 0.167. The fourth-order valence-electron chi connectivity index (χ4n) is 2.57. The predicted molar refractivity (Wildman–Crippen MR) is 82.4 cm³/mol. The summed E-state index contributed by atoms with van der Waals surface area (Å²) >= 11 is 0. The number of aliphatic hydroxyl groups excluding tert-OH is 2. The summed E-state index contributed by atoms with van der Waals surface area (Å²) in [5.41, 5.74) is 3.63. The first-order valence-corrected chi connectivity index (χ1v) is 7.51. The van der Waals surface area contributed by atoms with Crippen LogP contribution in [0.5, 0.6) is 5.75 Å². The molecule has 3 unspecified atom stereocenters. The monoisotopic (exact) mass is 280 g/mol. The molecular weight excluding hydrogens is 252 g/mol. The van der Waals surface area contributed by atoms with Gasteiger partial charge in [0, 0.05) is 0 Å². The Bertz CT molecular complexity index is 426. The van der Waals surface area contributed by atoms with Gasteiger partial charge in [-0.2, -0.15) is 0 Å². The van der Waals surface area contributed by atoms with Gasteiger partial charge in [0.1, 0.15) is 5.75 Å². The quantitative estimate of drug-likeness (QED) is 0.805. The molecule has 0 aromatic heterocycles. The first-order valence-electron chi connectivity index (χ1n) is 7.51. The number of rotatable bonds is 7. The van der Waals surface area contributed by atoms with Crippen molar-refractivity contribution in [1.29, 1.82) is 0 Å². The lowest BCUT2D eigenvalue weighted by atomic mass is 9.85. The minimum absolute atomic E-state index is 0.258. The topological polar surface area (TPSA) is 49.7 Å². The maximum Gasteiger partial charge on any atom is 0.122 e. The second-order valence-electron chi connectivity index (χ2n) is 5.48. The highest BCUT2D eigenvalue weighted by Crippen LogP contribution is 2.33. The molecule has 1 aromatic rings. The molecule has 3 heteroatoms. The highest BCUT2D eigenvalue weighted by molar-refractivity contribution is 5.45. The van der Waals surface area contributed by atoms with E-state index < -0.39 is 12.2 Å². The van der Waals surface area contributed by atoms with Crippen molar-refractivity contribution in [2.24, 2.45) is 0 Å². The average Bonchev–Trinajstić information content (AvgIpc) is 2.42. The van der Waals surface area contributed by atoms with Gasteiger partial charge in [0.15, 0.2) is 0 Å². The van der Waals surface area contributed by atoms with E-state index in [0.29, 0.717) is 13.0 Å². The first kappa shape index (κ1) is 17.0. The van der Waals surface area contributed by atoms with Crippen LogP contribution in [0.1, 0.15) is 56.2 Å². The Morgan fingerprint density at radius 2 is 1.75 bits per heavy atom. The van der Waals surface area contributed by atoms with Crippen molar-refractivity contribution in [2.75, 3.05) is 6.61 Å². The first-order chi connectivity index (χ1) is 9.42. The molecule has 0 amide bonds. The van der Waals surface area contributed by atoms with Crippen molar-refractivity contribution in [3.8, 4) is 5.75 Å². The molecule has 0 bridgehead atoms. The Kier molecular flexibility index (Phi) is 6.50. The highest BCUT2D eigenvalue weighted by Gasteiger charge is 2.21. The summed E-state index contributed by atoms with van der Waals surface area (Å²) < 4.78 is 5.62. The van der Waals surface area contributed by atoms with Crippen molar-refractivity contribution in [3.05, 3.63) is 28.8 Å². The van der Waals surface area contributed by atoms with Gasteiger partial charge in [-0.25, -0.2) is 0 Å². The van der Waals surface area contributed by atoms with Crippen LogP contribution in [0, 0.1) is 13.8 Å². The van der Waals surface area contributed by atoms with E-state index in [1.165, 1.54) is 11.1 Å². The molecule has 3 nitrogen and oxygen atoms in total. The third-order valence-electron chi connectivity index (χ3n) is 4.09. The number of ether oxygens (including phenoxy) is 1. The maximum atomic E-state index is 9.91. The summed E-state index contributed by atoms with van der Waals surface area (Å²) in [6.45, 7) is 10.6. The number of hydrogen-bond donors (Lipinski definition) is 2. The van der Waals surface area contributed by atoms with E-state index in [9.17, 15) is 10.2 Å². The van der Waals surface area contributed by atoms with Crippen LogP contribution in [0.4, 0.5) is 0 Å². The summed E-state index contributed by atoms with van der Waals surface area (Å²) in [7, 11) is 0. The molecule has 0 heterocycles. The van der Waals surface area contributed by atoms with Gasteiger partial charge in [0.05, 0.1) is 18.8 Å². The van der Waals surface area contributed by atoms with Gasteiger partial charge < -0.3 is 14.9 Å². The van der Waals surface area contributed by atoms with Gasteiger partial charge in [-0.15, -0.1) is 0 Å². The van der Waals surface area contributed by atoms with Crippen LogP contribution in [0.15, 0.2) is 12.1 Å². The fourth-order valence-corrected chi connectivity index (χ4v) is 2.57. The van der Waals surface area contributed by atoms with Crippen LogP contribution < -0.4 is 4.74 Å². The zero-order chi connectivity index (χ0) is 15.3. The van der Waals surface area contributed by atoms with Gasteiger partial charge in [-0.05, 0) is 69.2 Å². The minimum atomic E-state index is -0.687. The zero-order valence-corrected chi connectivity index (χ0v) is 13.3. The molecule has 1 aromatic carbocycles. The fraction of sp³-hybridized carbons (Fsp3) is 0.647. The summed E-state index contributed by atoms with van der Waals surface area (Å²) in [5.74, 6) is 1.19. The van der Waals surface area contributed by atoms with Crippen molar-refractivity contribution >= 4 is 0 Å². The number of aliphatic hydroxyl groups is 2. The molecule has 0 fully saturated rings. The Morgan fingerprint density at radius 1 is 1.10 bits per heavy atom. The van der Waals surface area contributed by atoms with E-state index in [0.717, 1.165) is 17.7 Å². The summed E-state index contributed by atoms with van der Waals surface area (Å²) in [4.78, 5) is 0. The second-order valence-corrected chi connectivity index (χ2v) is 5.48. The standard InChI is InChI=1S/C17H28O3/c1-6-14(10-16(19)13(5)18)15-8-9-17(20-7-2)12(4)11(15)3/h8-9,13-14,16,18-19H,6-7,10H2,1-5H3. The zero-order valence-electron chi connectivity index (χ0n) is 13.3. The molecule has 0 aliphatic carbocycles. The van der Waals surface area contributed by atoms with Crippen LogP contribution in [0.2, 0.25) is 0 Å². The van der Waals surface area contributed by atoms with Crippen LogP contribution in [0.3, 0.4) is 0 Å². The molecule has 2 N–H and O–H groups in total. The van der Waals surface area contributed by atoms with E-state index >= 15 is 0 Å². The van der Waals surface area contributed by atoms with Gasteiger partial charge in [-0.1, -0.05) is 13.0 Å².